The van der Waals surface area contributed by atoms with Crippen molar-refractivity contribution in [3.63, 3.8) is 0 Å². The molecule has 0 aliphatic carbocycles. The van der Waals surface area contributed by atoms with E-state index in [1.807, 2.05) is 0 Å². The number of nitrogens with one attached hydrogen (secondary N) is 2. The molecule has 0 spiro atoms. The van der Waals surface area contributed by atoms with Gasteiger partial charge in [0.15, 0.2) is 0 Å². The summed E-state index contributed by atoms with van der Waals surface area (Å²) in [6.45, 7) is 9.00. The lowest BCUT2D eigenvalue weighted by Crippen LogP contribution is -2.47. The Kier molecular flexibility index (Phi) is 8.72. The van der Waals surface area contributed by atoms with Crippen LogP contribution in [-0.2, 0) is 14.3 Å². The molecule has 1 heterocycles. The summed E-state index contributed by atoms with van der Waals surface area (Å²) in [7, 11) is 0. The van der Waals surface area contributed by atoms with Crippen LogP contribution in [-0.4, -0.2) is 54.1 Å². The summed E-state index contributed by atoms with van der Waals surface area (Å²) in [6.07, 6.45) is 3.81. The van der Waals surface area contributed by atoms with Crippen LogP contribution < -0.4 is 10.6 Å². The molecule has 2 N–H and O–H groups in total. The Labute approximate surface area is 150 Å². The number of alkyl carbamates (subject to hydrolysis) is 1. The summed E-state index contributed by atoms with van der Waals surface area (Å²) in [6, 6.07) is 0.160. The van der Waals surface area contributed by atoms with Crippen LogP contribution >= 0.6 is 0 Å². The molecule has 1 rings (SSSR count). The second kappa shape index (κ2) is 10.3. The highest BCUT2D eigenvalue weighted by Gasteiger charge is 2.23. The van der Waals surface area contributed by atoms with Crippen LogP contribution in [0.1, 0.15) is 66.2 Å². The van der Waals surface area contributed by atoms with E-state index in [-0.39, 0.29) is 30.8 Å². The number of ether oxygens (including phenoxy) is 1. The van der Waals surface area contributed by atoms with Gasteiger partial charge < -0.3 is 20.3 Å². The van der Waals surface area contributed by atoms with E-state index in [0.29, 0.717) is 19.5 Å². The van der Waals surface area contributed by atoms with Crippen molar-refractivity contribution in [2.45, 2.75) is 77.9 Å². The summed E-state index contributed by atoms with van der Waals surface area (Å²) in [5, 5.41) is 5.64. The highest BCUT2D eigenvalue weighted by molar-refractivity contribution is 5.78. The molecular formula is C18H33N3O4. The smallest absolute Gasteiger partial charge is 0.407 e. The van der Waals surface area contributed by atoms with Crippen molar-refractivity contribution >= 4 is 17.9 Å². The molecule has 1 fully saturated rings. The molecule has 0 aromatic rings. The zero-order chi connectivity index (χ0) is 18.9. The second-order valence-electron chi connectivity index (χ2n) is 7.50. The molecule has 7 nitrogen and oxygen atoms in total. The maximum Gasteiger partial charge on any atom is 0.407 e. The molecule has 0 unspecified atom stereocenters. The van der Waals surface area contributed by atoms with E-state index in [4.69, 9.17) is 4.74 Å². The van der Waals surface area contributed by atoms with Crippen LogP contribution in [0.25, 0.3) is 0 Å². The lowest BCUT2D eigenvalue weighted by Gasteiger charge is -2.32. The SMILES string of the molecule is CCCCC(=O)NC1CCN(C(=O)CCNC(=O)OC(C)(C)C)CC1. The first-order valence-electron chi connectivity index (χ1n) is 9.25. The number of nitrogens with zero attached hydrogens (tertiary/aromatic N) is 1. The third-order valence-electron chi connectivity index (χ3n) is 3.98. The van der Waals surface area contributed by atoms with E-state index in [1.54, 1.807) is 25.7 Å². The highest BCUT2D eigenvalue weighted by atomic mass is 16.6. The van der Waals surface area contributed by atoms with Crippen LogP contribution in [0.2, 0.25) is 0 Å². The minimum Gasteiger partial charge on any atom is -0.444 e. The van der Waals surface area contributed by atoms with Gasteiger partial charge in [-0.15, -0.1) is 0 Å². The molecule has 0 bridgehead atoms. The number of piperidine rings is 1. The molecule has 0 aromatic carbocycles. The van der Waals surface area contributed by atoms with Crippen molar-refractivity contribution in [1.82, 2.24) is 15.5 Å². The molecule has 0 saturated carbocycles. The maximum absolute atomic E-state index is 12.2. The van der Waals surface area contributed by atoms with Gasteiger partial charge in [0.1, 0.15) is 5.60 Å². The number of amides is 3. The molecular weight excluding hydrogens is 322 g/mol. The van der Waals surface area contributed by atoms with Gasteiger partial charge in [0.25, 0.3) is 0 Å². The predicted octanol–water partition coefficient (Wildman–Crippen LogP) is 2.20. The third-order valence-corrected chi connectivity index (χ3v) is 3.98. The Hall–Kier alpha value is -1.79. The predicted molar refractivity (Wildman–Crippen MR) is 96.1 cm³/mol. The third kappa shape index (κ3) is 9.31. The Balaban J connectivity index is 2.20. The van der Waals surface area contributed by atoms with Crippen molar-refractivity contribution < 1.29 is 19.1 Å². The molecule has 3 amide bonds. The minimum absolute atomic E-state index is 0.0202. The van der Waals surface area contributed by atoms with E-state index in [9.17, 15) is 14.4 Å². The first-order valence-corrected chi connectivity index (χ1v) is 9.25. The quantitative estimate of drug-likeness (QED) is 0.733. The van der Waals surface area contributed by atoms with Gasteiger partial charge in [-0.25, -0.2) is 4.79 Å². The lowest BCUT2D eigenvalue weighted by molar-refractivity contribution is -0.132. The monoisotopic (exact) mass is 355 g/mol. The summed E-state index contributed by atoms with van der Waals surface area (Å²) in [4.78, 5) is 37.3. The van der Waals surface area contributed by atoms with Gasteiger partial charge >= 0.3 is 6.09 Å². The van der Waals surface area contributed by atoms with E-state index in [2.05, 4.69) is 17.6 Å². The molecule has 1 aliphatic heterocycles. The number of unbranched alkanes of at least 4 members (excludes halogenated alkanes) is 1. The lowest BCUT2D eigenvalue weighted by atomic mass is 10.0. The van der Waals surface area contributed by atoms with Crippen molar-refractivity contribution in [1.29, 1.82) is 0 Å². The van der Waals surface area contributed by atoms with E-state index >= 15 is 0 Å². The molecule has 0 aromatic heterocycles. The summed E-state index contributed by atoms with van der Waals surface area (Å²) in [5.41, 5.74) is -0.544. The fourth-order valence-electron chi connectivity index (χ4n) is 2.65. The molecule has 1 aliphatic rings. The molecule has 0 radical (unpaired) electrons. The zero-order valence-corrected chi connectivity index (χ0v) is 16.0. The second-order valence-corrected chi connectivity index (χ2v) is 7.50. The molecule has 144 valence electrons. The van der Waals surface area contributed by atoms with Crippen molar-refractivity contribution in [3.05, 3.63) is 0 Å². The average Bonchev–Trinajstić information content (AvgIpc) is 2.51. The fraction of sp³-hybridized carbons (Fsp3) is 0.833. The van der Waals surface area contributed by atoms with Gasteiger partial charge in [0, 0.05) is 38.5 Å². The van der Waals surface area contributed by atoms with Gasteiger partial charge in [0.05, 0.1) is 0 Å². The molecule has 7 heteroatoms. The standard InChI is InChI=1S/C18H33N3O4/c1-5-6-7-15(22)20-14-9-12-21(13-10-14)16(23)8-11-19-17(24)25-18(2,3)4/h14H,5-13H2,1-4H3,(H,19,24)(H,20,22). The highest BCUT2D eigenvalue weighted by Crippen LogP contribution is 2.12. The number of carbonyl (C=O) groups excluding carboxylic acids is 3. The fourth-order valence-corrected chi connectivity index (χ4v) is 2.65. The maximum atomic E-state index is 12.2. The first-order chi connectivity index (χ1) is 11.7. The van der Waals surface area contributed by atoms with Crippen molar-refractivity contribution in [3.8, 4) is 0 Å². The van der Waals surface area contributed by atoms with Gasteiger partial charge in [-0.1, -0.05) is 13.3 Å². The van der Waals surface area contributed by atoms with Crippen LogP contribution in [0, 0.1) is 0 Å². The number of likely N-dealkylation sites (tertiary alicyclic amines) is 1. The number of rotatable bonds is 7. The summed E-state index contributed by atoms with van der Waals surface area (Å²) < 4.78 is 5.13. The number of carbonyl (C=O) groups is 3. The minimum atomic E-state index is -0.544. The summed E-state index contributed by atoms with van der Waals surface area (Å²) in [5.74, 6) is 0.125. The van der Waals surface area contributed by atoms with Crippen LogP contribution in [0.3, 0.4) is 0 Å². The number of hydrogen-bond donors (Lipinski definition) is 2. The van der Waals surface area contributed by atoms with Gasteiger partial charge in [-0.05, 0) is 40.0 Å². The molecule has 25 heavy (non-hydrogen) atoms. The zero-order valence-electron chi connectivity index (χ0n) is 16.0. The van der Waals surface area contributed by atoms with E-state index < -0.39 is 11.7 Å². The molecule has 1 saturated heterocycles. The van der Waals surface area contributed by atoms with Crippen LogP contribution in [0.4, 0.5) is 4.79 Å². The van der Waals surface area contributed by atoms with Crippen molar-refractivity contribution in [2.24, 2.45) is 0 Å². The average molecular weight is 355 g/mol. The first kappa shape index (κ1) is 21.3. The largest absolute Gasteiger partial charge is 0.444 e. The van der Waals surface area contributed by atoms with Gasteiger partial charge in [0.2, 0.25) is 11.8 Å². The van der Waals surface area contributed by atoms with E-state index in [0.717, 1.165) is 25.7 Å². The van der Waals surface area contributed by atoms with E-state index in [1.165, 1.54) is 0 Å². The summed E-state index contributed by atoms with van der Waals surface area (Å²) >= 11 is 0. The number of hydrogen-bond acceptors (Lipinski definition) is 4. The van der Waals surface area contributed by atoms with Crippen LogP contribution in [0.15, 0.2) is 0 Å². The Morgan fingerprint density at radius 1 is 1.12 bits per heavy atom. The Morgan fingerprint density at radius 2 is 1.76 bits per heavy atom. The topological polar surface area (TPSA) is 87.7 Å². The molecule has 0 atom stereocenters. The Bertz CT molecular complexity index is 452. The van der Waals surface area contributed by atoms with Gasteiger partial charge in [-0.2, -0.15) is 0 Å². The van der Waals surface area contributed by atoms with Crippen molar-refractivity contribution in [2.75, 3.05) is 19.6 Å². The normalized spacial score (nSPS) is 15.6. The van der Waals surface area contributed by atoms with Crippen LogP contribution in [0.5, 0.6) is 0 Å². The Morgan fingerprint density at radius 3 is 2.32 bits per heavy atom. The van der Waals surface area contributed by atoms with Gasteiger partial charge in [-0.3, -0.25) is 9.59 Å².